The molecule has 0 saturated heterocycles. The summed E-state index contributed by atoms with van der Waals surface area (Å²) in [5.41, 5.74) is 0.250. The van der Waals surface area contributed by atoms with Crippen LogP contribution in [0.4, 0.5) is 0 Å². The summed E-state index contributed by atoms with van der Waals surface area (Å²) in [7, 11) is 0. The predicted molar refractivity (Wildman–Crippen MR) is 24.8 cm³/mol. The number of hydrogen-bond donors (Lipinski definition) is 0. The van der Waals surface area contributed by atoms with Crippen LogP contribution in [0.2, 0.25) is 0 Å². The Morgan fingerprint density at radius 2 is 1.20 bits per heavy atom. The number of hydrogen-bond acceptors (Lipinski definition) is 0. The van der Waals surface area contributed by atoms with Crippen molar-refractivity contribution in [1.82, 2.24) is 0 Å². The summed E-state index contributed by atoms with van der Waals surface area (Å²) in [6, 6.07) is 0. The van der Waals surface area contributed by atoms with Crippen molar-refractivity contribution in [2.24, 2.45) is 5.41 Å². The van der Waals surface area contributed by atoms with Crippen molar-refractivity contribution in [3.63, 3.8) is 0 Å². The van der Waals surface area contributed by atoms with Gasteiger partial charge in [-0.05, 0) is 12.3 Å². The standard InChI is InChI=1S/C5H11/c1-5(2,3)4/h1H2,2-4H3. The minimum atomic E-state index is 0.250. The fourth-order valence-corrected chi connectivity index (χ4v) is 0. The molecular weight excluding hydrogens is 60.1 g/mol. The summed E-state index contributed by atoms with van der Waals surface area (Å²) in [6.07, 6.45) is 0. The van der Waals surface area contributed by atoms with Gasteiger partial charge in [0.2, 0.25) is 0 Å². The molecule has 0 saturated carbocycles. The van der Waals surface area contributed by atoms with E-state index in [0.717, 1.165) is 0 Å². The average molecular weight is 71.1 g/mol. The zero-order valence-corrected chi connectivity index (χ0v) is 4.21. The molecule has 5 heavy (non-hydrogen) atoms. The van der Waals surface area contributed by atoms with E-state index >= 15 is 0 Å². The first-order valence-corrected chi connectivity index (χ1v) is 1.85. The van der Waals surface area contributed by atoms with Gasteiger partial charge in [0, 0.05) is 0 Å². The molecule has 0 heteroatoms. The highest BCUT2D eigenvalue weighted by atomic mass is 14.0. The topological polar surface area (TPSA) is 0 Å². The van der Waals surface area contributed by atoms with E-state index in [9.17, 15) is 0 Å². The Morgan fingerprint density at radius 3 is 1.20 bits per heavy atom. The van der Waals surface area contributed by atoms with Gasteiger partial charge in [0.1, 0.15) is 0 Å². The summed E-state index contributed by atoms with van der Waals surface area (Å²) in [6.45, 7) is 10.0. The Morgan fingerprint density at radius 1 is 1.20 bits per heavy atom. The van der Waals surface area contributed by atoms with E-state index in [1.165, 1.54) is 0 Å². The lowest BCUT2D eigenvalue weighted by atomic mass is 10.0. The summed E-state index contributed by atoms with van der Waals surface area (Å²) in [5.74, 6) is 0. The molecule has 0 bridgehead atoms. The van der Waals surface area contributed by atoms with Gasteiger partial charge in [0.05, 0.1) is 0 Å². The minimum absolute atomic E-state index is 0.250. The second-order valence-corrected chi connectivity index (χ2v) is 2.56. The Kier molecular flexibility index (Phi) is 1.00. The fraction of sp³-hybridized carbons (Fsp3) is 0.800. The highest BCUT2D eigenvalue weighted by Crippen LogP contribution is 2.07. The molecule has 0 heterocycles. The van der Waals surface area contributed by atoms with Crippen molar-refractivity contribution < 1.29 is 0 Å². The molecule has 0 aliphatic carbocycles. The molecule has 0 N–H and O–H groups in total. The third-order valence-electron chi connectivity index (χ3n) is 0. The van der Waals surface area contributed by atoms with Crippen molar-refractivity contribution in [3.8, 4) is 0 Å². The fourth-order valence-electron chi connectivity index (χ4n) is 0. The summed E-state index contributed by atoms with van der Waals surface area (Å²) in [4.78, 5) is 0. The first kappa shape index (κ1) is 5.00. The van der Waals surface area contributed by atoms with E-state index in [2.05, 4.69) is 27.7 Å². The Balaban J connectivity index is 3.02. The maximum Gasteiger partial charge on any atom is -0.0382 e. The molecule has 0 spiro atoms. The van der Waals surface area contributed by atoms with Crippen LogP contribution in [0.25, 0.3) is 0 Å². The maximum absolute atomic E-state index is 3.77. The van der Waals surface area contributed by atoms with Crippen LogP contribution in [-0.2, 0) is 0 Å². The largest absolute Gasteiger partial charge is 0.0602 e. The molecule has 0 nitrogen and oxygen atoms in total. The van der Waals surface area contributed by atoms with Crippen LogP contribution in [-0.4, -0.2) is 0 Å². The van der Waals surface area contributed by atoms with Crippen LogP contribution in [0, 0.1) is 12.3 Å². The Hall–Kier alpha value is 0. The van der Waals surface area contributed by atoms with Crippen LogP contribution in [0.1, 0.15) is 20.8 Å². The van der Waals surface area contributed by atoms with Gasteiger partial charge in [-0.3, -0.25) is 0 Å². The van der Waals surface area contributed by atoms with Crippen LogP contribution in [0.3, 0.4) is 0 Å². The van der Waals surface area contributed by atoms with Gasteiger partial charge in [-0.1, -0.05) is 20.8 Å². The SMILES string of the molecule is [CH2]C(C)(C)C. The zero-order valence-electron chi connectivity index (χ0n) is 4.21. The molecule has 0 amide bonds. The van der Waals surface area contributed by atoms with E-state index in [-0.39, 0.29) is 5.41 Å². The second-order valence-electron chi connectivity index (χ2n) is 2.56. The summed E-state index contributed by atoms with van der Waals surface area (Å²) >= 11 is 0. The lowest BCUT2D eigenvalue weighted by Crippen LogP contribution is -1.94. The van der Waals surface area contributed by atoms with E-state index in [0.29, 0.717) is 0 Å². The van der Waals surface area contributed by atoms with Crippen molar-refractivity contribution in [3.05, 3.63) is 6.92 Å². The van der Waals surface area contributed by atoms with Gasteiger partial charge < -0.3 is 0 Å². The second kappa shape index (κ2) is 1.00. The van der Waals surface area contributed by atoms with Crippen molar-refractivity contribution >= 4 is 0 Å². The van der Waals surface area contributed by atoms with Crippen molar-refractivity contribution in [2.75, 3.05) is 0 Å². The Bertz CT molecular complexity index is 15.5. The molecule has 0 aromatic rings. The third-order valence-corrected chi connectivity index (χ3v) is 0. The van der Waals surface area contributed by atoms with E-state index in [4.69, 9.17) is 0 Å². The first-order chi connectivity index (χ1) is 2.00. The summed E-state index contributed by atoms with van der Waals surface area (Å²) < 4.78 is 0. The predicted octanol–water partition coefficient (Wildman–Crippen LogP) is 1.87. The third kappa shape index (κ3) is 0. The highest BCUT2D eigenvalue weighted by molar-refractivity contribution is 4.60. The van der Waals surface area contributed by atoms with Crippen LogP contribution in [0.5, 0.6) is 0 Å². The lowest BCUT2D eigenvalue weighted by Gasteiger charge is -2.05. The van der Waals surface area contributed by atoms with E-state index < -0.39 is 0 Å². The molecule has 0 aromatic carbocycles. The van der Waals surface area contributed by atoms with Gasteiger partial charge in [-0.25, -0.2) is 0 Å². The molecule has 1 radical (unpaired) electrons. The Labute approximate surface area is 34.2 Å². The highest BCUT2D eigenvalue weighted by Gasteiger charge is 1.95. The van der Waals surface area contributed by atoms with E-state index in [1.807, 2.05) is 0 Å². The molecule has 31 valence electrons. The average Bonchev–Trinajstić information content (AvgIpc) is 0.722. The van der Waals surface area contributed by atoms with Crippen molar-refractivity contribution in [1.29, 1.82) is 0 Å². The van der Waals surface area contributed by atoms with Crippen LogP contribution < -0.4 is 0 Å². The van der Waals surface area contributed by atoms with Gasteiger partial charge in [-0.15, -0.1) is 0 Å². The van der Waals surface area contributed by atoms with Crippen LogP contribution in [0.15, 0.2) is 0 Å². The van der Waals surface area contributed by atoms with Gasteiger partial charge >= 0.3 is 0 Å². The van der Waals surface area contributed by atoms with Gasteiger partial charge in [0.15, 0.2) is 0 Å². The van der Waals surface area contributed by atoms with Gasteiger partial charge in [-0.2, -0.15) is 0 Å². The normalized spacial score (nSPS) is 12.0. The summed E-state index contributed by atoms with van der Waals surface area (Å²) in [5, 5.41) is 0. The first-order valence-electron chi connectivity index (χ1n) is 1.85. The molecule has 0 atom stereocenters. The molecule has 0 aliphatic rings. The molecule has 0 aliphatic heterocycles. The number of rotatable bonds is 0. The minimum Gasteiger partial charge on any atom is -0.0602 e. The van der Waals surface area contributed by atoms with Gasteiger partial charge in [0.25, 0.3) is 0 Å². The molecule has 0 fully saturated rings. The quantitative estimate of drug-likeness (QED) is 0.409. The van der Waals surface area contributed by atoms with Crippen LogP contribution >= 0.6 is 0 Å². The lowest BCUT2D eigenvalue weighted by molar-refractivity contribution is 0.539. The molecular formula is C5H11. The molecule has 0 aromatic heterocycles. The zero-order chi connectivity index (χ0) is 4.50. The molecule has 0 unspecified atom stereocenters. The maximum atomic E-state index is 3.77. The molecule has 0 rings (SSSR count). The van der Waals surface area contributed by atoms with E-state index in [1.54, 1.807) is 0 Å². The monoisotopic (exact) mass is 71.1 g/mol. The van der Waals surface area contributed by atoms with Crippen molar-refractivity contribution in [2.45, 2.75) is 20.8 Å². The smallest absolute Gasteiger partial charge is 0.0382 e.